The molecule has 0 aromatic heterocycles. The maximum Gasteiger partial charge on any atom is 0.252 e. The molecular weight excluding hydrogens is 392 g/mol. The molecule has 3 rings (SSSR count). The second kappa shape index (κ2) is 10.7. The van der Waals surface area contributed by atoms with Crippen molar-refractivity contribution in [2.24, 2.45) is 17.1 Å². The molecule has 2 bridgehead atoms. The van der Waals surface area contributed by atoms with Gasteiger partial charge in [0.15, 0.2) is 0 Å². The molecule has 156 valence electrons. The van der Waals surface area contributed by atoms with Gasteiger partial charge in [-0.05, 0) is 61.0 Å². The van der Waals surface area contributed by atoms with E-state index in [1.807, 2.05) is 17.8 Å². The third-order valence-electron chi connectivity index (χ3n) is 6.13. The minimum Gasteiger partial charge on any atom is -0.494 e. The SMILES string of the molecule is NCCSCCCOc1ccc(Cl)c(C(=O)NCC23CCCC(CCC2)C3)c1. The molecular formula is C22H33ClN2O2S. The van der Waals surface area contributed by atoms with E-state index in [2.05, 4.69) is 5.32 Å². The van der Waals surface area contributed by atoms with Gasteiger partial charge in [-0.25, -0.2) is 0 Å². The van der Waals surface area contributed by atoms with Crippen LogP contribution in [0, 0.1) is 11.3 Å². The second-order valence-electron chi connectivity index (χ2n) is 8.28. The number of hydrogen-bond donors (Lipinski definition) is 2. The third kappa shape index (κ3) is 6.04. The Labute approximate surface area is 178 Å². The Bertz CT molecular complexity index is 645. The number of carbonyl (C=O) groups excluding carboxylic acids is 1. The summed E-state index contributed by atoms with van der Waals surface area (Å²) in [5.74, 6) is 3.49. The summed E-state index contributed by atoms with van der Waals surface area (Å²) in [5.41, 5.74) is 6.30. The van der Waals surface area contributed by atoms with E-state index in [0.717, 1.165) is 30.4 Å². The fraction of sp³-hybridized carbons (Fsp3) is 0.682. The smallest absolute Gasteiger partial charge is 0.252 e. The summed E-state index contributed by atoms with van der Waals surface area (Å²) in [6.45, 7) is 2.11. The lowest BCUT2D eigenvalue weighted by molar-refractivity contribution is 0.0681. The number of ether oxygens (including phenoxy) is 1. The molecule has 0 spiro atoms. The van der Waals surface area contributed by atoms with Crippen molar-refractivity contribution in [3.8, 4) is 5.75 Å². The molecule has 0 atom stereocenters. The summed E-state index contributed by atoms with van der Waals surface area (Å²) in [6, 6.07) is 5.36. The predicted octanol–water partition coefficient (Wildman–Crippen LogP) is 4.89. The molecule has 2 saturated carbocycles. The summed E-state index contributed by atoms with van der Waals surface area (Å²) < 4.78 is 5.81. The van der Waals surface area contributed by atoms with Crippen LogP contribution in [0.3, 0.4) is 0 Å². The molecule has 28 heavy (non-hydrogen) atoms. The number of thioether (sulfide) groups is 1. The number of nitrogens with one attached hydrogen (secondary N) is 1. The molecule has 3 N–H and O–H groups in total. The van der Waals surface area contributed by atoms with E-state index in [-0.39, 0.29) is 5.91 Å². The molecule has 1 aromatic rings. The molecule has 6 heteroatoms. The van der Waals surface area contributed by atoms with Crippen LogP contribution in [0.1, 0.15) is 61.7 Å². The highest BCUT2D eigenvalue weighted by Crippen LogP contribution is 2.48. The number of fused-ring (bicyclic) bond motifs is 2. The summed E-state index contributed by atoms with van der Waals surface area (Å²) in [7, 11) is 0. The van der Waals surface area contributed by atoms with Gasteiger partial charge in [-0.15, -0.1) is 0 Å². The number of halogens is 1. The fourth-order valence-corrected chi connectivity index (χ4v) is 5.63. The van der Waals surface area contributed by atoms with E-state index in [1.165, 1.54) is 44.9 Å². The van der Waals surface area contributed by atoms with Gasteiger partial charge < -0.3 is 15.8 Å². The minimum atomic E-state index is -0.0870. The van der Waals surface area contributed by atoms with Crippen LogP contribution in [0.4, 0.5) is 0 Å². The zero-order valence-electron chi connectivity index (χ0n) is 16.7. The molecule has 0 saturated heterocycles. The molecule has 4 nitrogen and oxygen atoms in total. The molecule has 0 radical (unpaired) electrons. The van der Waals surface area contributed by atoms with E-state index in [4.69, 9.17) is 22.1 Å². The van der Waals surface area contributed by atoms with Crippen LogP contribution in [-0.4, -0.2) is 37.1 Å². The van der Waals surface area contributed by atoms with Crippen molar-refractivity contribution >= 4 is 29.3 Å². The number of carbonyl (C=O) groups is 1. The van der Waals surface area contributed by atoms with Crippen LogP contribution in [0.5, 0.6) is 5.75 Å². The molecule has 0 unspecified atom stereocenters. The van der Waals surface area contributed by atoms with E-state index in [0.29, 0.717) is 34.9 Å². The standard InChI is InChI=1S/C22H33ClN2O2S/c23-20-7-6-18(27-11-3-12-28-13-10-24)14-19(20)21(26)25-16-22-8-1-4-17(15-22)5-2-9-22/h6-7,14,17H,1-5,8-13,15-16,24H2,(H,25,26). The van der Waals surface area contributed by atoms with Crippen LogP contribution in [0.15, 0.2) is 18.2 Å². The number of amides is 1. The Kier molecular flexibility index (Phi) is 8.36. The van der Waals surface area contributed by atoms with Crippen molar-refractivity contribution in [2.75, 3.05) is 31.2 Å². The van der Waals surface area contributed by atoms with Crippen molar-refractivity contribution < 1.29 is 9.53 Å². The monoisotopic (exact) mass is 424 g/mol. The zero-order chi connectivity index (χ0) is 19.8. The van der Waals surface area contributed by atoms with Gasteiger partial charge in [-0.1, -0.05) is 37.3 Å². The first-order chi connectivity index (χ1) is 13.6. The van der Waals surface area contributed by atoms with E-state index in [9.17, 15) is 4.79 Å². The molecule has 2 aliphatic carbocycles. The summed E-state index contributed by atoms with van der Waals surface area (Å²) >= 11 is 8.14. The van der Waals surface area contributed by atoms with Gasteiger partial charge >= 0.3 is 0 Å². The maximum atomic E-state index is 12.8. The van der Waals surface area contributed by atoms with Crippen molar-refractivity contribution in [3.63, 3.8) is 0 Å². The number of nitrogens with two attached hydrogens (primary N) is 1. The first kappa shape index (κ1) is 21.8. The molecule has 1 aromatic carbocycles. The minimum absolute atomic E-state index is 0.0870. The van der Waals surface area contributed by atoms with Gasteiger partial charge in [0.05, 0.1) is 17.2 Å². The number of rotatable bonds is 10. The average Bonchev–Trinajstić information content (AvgIpc) is 2.70. The Hall–Kier alpha value is -0.910. The predicted molar refractivity (Wildman–Crippen MR) is 119 cm³/mol. The van der Waals surface area contributed by atoms with Crippen LogP contribution >= 0.6 is 23.4 Å². The van der Waals surface area contributed by atoms with Gasteiger partial charge in [0.25, 0.3) is 5.91 Å². The van der Waals surface area contributed by atoms with Gasteiger partial charge in [0.2, 0.25) is 0 Å². The molecule has 1 amide bonds. The zero-order valence-corrected chi connectivity index (χ0v) is 18.3. The summed E-state index contributed by atoms with van der Waals surface area (Å²) in [6.07, 6.45) is 10.0. The first-order valence-corrected chi connectivity index (χ1v) is 12.1. The van der Waals surface area contributed by atoms with Gasteiger partial charge in [0.1, 0.15) is 5.75 Å². The van der Waals surface area contributed by atoms with E-state index < -0.39 is 0 Å². The third-order valence-corrected chi connectivity index (χ3v) is 7.56. The Morgan fingerprint density at radius 3 is 2.82 bits per heavy atom. The highest BCUT2D eigenvalue weighted by atomic mass is 35.5. The van der Waals surface area contributed by atoms with Crippen LogP contribution in [0.2, 0.25) is 5.02 Å². The van der Waals surface area contributed by atoms with Crippen molar-refractivity contribution in [1.82, 2.24) is 5.32 Å². The molecule has 0 aliphatic heterocycles. The summed E-state index contributed by atoms with van der Waals surface area (Å²) in [5, 5.41) is 3.66. The Morgan fingerprint density at radius 1 is 1.29 bits per heavy atom. The highest BCUT2D eigenvalue weighted by Gasteiger charge is 2.39. The topological polar surface area (TPSA) is 64.3 Å². The molecule has 2 aliphatic rings. The lowest BCUT2D eigenvalue weighted by atomic mass is 9.62. The van der Waals surface area contributed by atoms with E-state index >= 15 is 0 Å². The van der Waals surface area contributed by atoms with Crippen molar-refractivity contribution in [2.45, 2.75) is 51.4 Å². The quantitative estimate of drug-likeness (QED) is 0.525. The van der Waals surface area contributed by atoms with Crippen molar-refractivity contribution in [3.05, 3.63) is 28.8 Å². The van der Waals surface area contributed by atoms with Crippen LogP contribution in [-0.2, 0) is 0 Å². The highest BCUT2D eigenvalue weighted by molar-refractivity contribution is 7.99. The first-order valence-electron chi connectivity index (χ1n) is 10.6. The van der Waals surface area contributed by atoms with Crippen molar-refractivity contribution in [1.29, 1.82) is 0 Å². The maximum absolute atomic E-state index is 12.8. The van der Waals surface area contributed by atoms with Gasteiger partial charge in [-0.2, -0.15) is 11.8 Å². The van der Waals surface area contributed by atoms with Crippen LogP contribution in [0.25, 0.3) is 0 Å². The molecule has 0 heterocycles. The van der Waals surface area contributed by atoms with Gasteiger partial charge in [0, 0.05) is 18.8 Å². The Balaban J connectivity index is 1.51. The van der Waals surface area contributed by atoms with Crippen LogP contribution < -0.4 is 15.8 Å². The molecule has 2 fully saturated rings. The normalized spacial score (nSPS) is 24.0. The average molecular weight is 425 g/mol. The lowest BCUT2D eigenvalue weighted by Crippen LogP contribution is -2.43. The van der Waals surface area contributed by atoms with E-state index in [1.54, 1.807) is 12.1 Å². The number of benzene rings is 1. The fourth-order valence-electron chi connectivity index (χ4n) is 4.74. The Morgan fingerprint density at radius 2 is 2.07 bits per heavy atom. The second-order valence-corrected chi connectivity index (χ2v) is 9.91. The largest absolute Gasteiger partial charge is 0.494 e. The van der Waals surface area contributed by atoms with Gasteiger partial charge in [-0.3, -0.25) is 4.79 Å². The number of hydrogen-bond acceptors (Lipinski definition) is 4. The summed E-state index contributed by atoms with van der Waals surface area (Å²) in [4.78, 5) is 12.8. The lowest BCUT2D eigenvalue weighted by Gasteiger charge is -2.45.